The Balaban J connectivity index is 2.85. The minimum Gasteiger partial charge on any atom is -0.349 e. The maximum absolute atomic E-state index is 13.6. The number of carbonyl (C=O) groups excluding carboxylic acids is 1. The summed E-state index contributed by atoms with van der Waals surface area (Å²) in [4.78, 5) is 12.1. The molecule has 0 radical (unpaired) electrons. The predicted molar refractivity (Wildman–Crippen MR) is 70.4 cm³/mol. The van der Waals surface area contributed by atoms with Gasteiger partial charge in [0.15, 0.2) is 0 Å². The van der Waals surface area contributed by atoms with E-state index in [2.05, 4.69) is 5.32 Å². The molecule has 19 heavy (non-hydrogen) atoms. The zero-order valence-electron chi connectivity index (χ0n) is 11.5. The summed E-state index contributed by atoms with van der Waals surface area (Å²) in [6.45, 7) is 5.50. The van der Waals surface area contributed by atoms with Crippen molar-refractivity contribution < 1.29 is 13.6 Å². The summed E-state index contributed by atoms with van der Waals surface area (Å²) in [5.74, 6) is -1.53. The fourth-order valence-electron chi connectivity index (χ4n) is 1.70. The first-order valence-corrected chi connectivity index (χ1v) is 6.30. The van der Waals surface area contributed by atoms with Gasteiger partial charge in [-0.25, -0.2) is 8.78 Å². The van der Waals surface area contributed by atoms with E-state index in [4.69, 9.17) is 5.73 Å². The van der Waals surface area contributed by atoms with Crippen molar-refractivity contribution in [2.24, 2.45) is 11.1 Å². The van der Waals surface area contributed by atoms with Gasteiger partial charge in [-0.05, 0) is 26.3 Å². The van der Waals surface area contributed by atoms with Crippen LogP contribution in [-0.4, -0.2) is 12.5 Å². The third-order valence-corrected chi connectivity index (χ3v) is 3.56. The molecule has 0 aliphatic carbocycles. The van der Waals surface area contributed by atoms with Crippen LogP contribution in [0.5, 0.6) is 0 Å². The second kappa shape index (κ2) is 6.10. The third-order valence-electron chi connectivity index (χ3n) is 3.56. The van der Waals surface area contributed by atoms with Crippen LogP contribution in [0.1, 0.15) is 38.8 Å². The van der Waals surface area contributed by atoms with E-state index in [1.807, 2.05) is 6.92 Å². The highest BCUT2D eigenvalue weighted by atomic mass is 19.1. The van der Waals surface area contributed by atoms with Crippen LogP contribution in [0.15, 0.2) is 18.2 Å². The van der Waals surface area contributed by atoms with E-state index in [0.717, 1.165) is 6.07 Å². The smallest absolute Gasteiger partial charge is 0.227 e. The summed E-state index contributed by atoms with van der Waals surface area (Å²) in [5, 5.41) is 2.72. The largest absolute Gasteiger partial charge is 0.349 e. The zero-order valence-corrected chi connectivity index (χ0v) is 11.5. The molecule has 0 aromatic heterocycles. The van der Waals surface area contributed by atoms with Crippen molar-refractivity contribution in [1.82, 2.24) is 5.32 Å². The van der Waals surface area contributed by atoms with E-state index in [0.29, 0.717) is 6.42 Å². The SMILES string of the molecule is CCC(C)(CN)C(=O)NC(C)c1ccc(F)cc1F. The molecule has 0 bridgehead atoms. The first kappa shape index (κ1) is 15.6. The molecular weight excluding hydrogens is 250 g/mol. The van der Waals surface area contributed by atoms with Gasteiger partial charge in [0.2, 0.25) is 5.91 Å². The van der Waals surface area contributed by atoms with Crippen LogP contribution >= 0.6 is 0 Å². The minimum absolute atomic E-state index is 0.216. The van der Waals surface area contributed by atoms with Gasteiger partial charge in [0.1, 0.15) is 11.6 Å². The summed E-state index contributed by atoms with van der Waals surface area (Å²) >= 11 is 0. The number of halogens is 2. The Morgan fingerprint density at radius 3 is 2.58 bits per heavy atom. The summed E-state index contributed by atoms with van der Waals surface area (Å²) in [7, 11) is 0. The fourth-order valence-corrected chi connectivity index (χ4v) is 1.70. The van der Waals surface area contributed by atoms with E-state index in [-0.39, 0.29) is 18.0 Å². The van der Waals surface area contributed by atoms with Gasteiger partial charge in [0.05, 0.1) is 11.5 Å². The average molecular weight is 270 g/mol. The maximum Gasteiger partial charge on any atom is 0.227 e. The molecule has 0 heterocycles. The molecule has 0 spiro atoms. The number of hydrogen-bond acceptors (Lipinski definition) is 2. The van der Waals surface area contributed by atoms with E-state index in [1.165, 1.54) is 12.1 Å². The zero-order chi connectivity index (χ0) is 14.6. The summed E-state index contributed by atoms with van der Waals surface area (Å²) in [6.07, 6.45) is 0.591. The summed E-state index contributed by atoms with van der Waals surface area (Å²) in [5.41, 5.74) is 5.18. The van der Waals surface area contributed by atoms with Gasteiger partial charge in [0, 0.05) is 18.2 Å². The first-order chi connectivity index (χ1) is 8.84. The molecule has 0 fully saturated rings. The molecule has 2 unspecified atom stereocenters. The first-order valence-electron chi connectivity index (χ1n) is 6.30. The lowest BCUT2D eigenvalue weighted by Gasteiger charge is -2.27. The Morgan fingerprint density at radius 1 is 1.47 bits per heavy atom. The number of hydrogen-bond donors (Lipinski definition) is 2. The number of carbonyl (C=O) groups is 1. The molecule has 106 valence electrons. The van der Waals surface area contributed by atoms with Crippen molar-refractivity contribution in [3.8, 4) is 0 Å². The van der Waals surface area contributed by atoms with Crippen molar-refractivity contribution in [2.45, 2.75) is 33.2 Å². The molecule has 1 aromatic rings. The van der Waals surface area contributed by atoms with Crippen LogP contribution in [0.2, 0.25) is 0 Å². The van der Waals surface area contributed by atoms with Crippen molar-refractivity contribution in [2.75, 3.05) is 6.54 Å². The van der Waals surface area contributed by atoms with Gasteiger partial charge in [-0.2, -0.15) is 0 Å². The molecule has 0 saturated carbocycles. The topological polar surface area (TPSA) is 55.1 Å². The van der Waals surface area contributed by atoms with Gasteiger partial charge in [0.25, 0.3) is 0 Å². The maximum atomic E-state index is 13.6. The quantitative estimate of drug-likeness (QED) is 0.863. The number of benzene rings is 1. The number of amides is 1. The van der Waals surface area contributed by atoms with E-state index >= 15 is 0 Å². The van der Waals surface area contributed by atoms with Gasteiger partial charge in [-0.1, -0.05) is 13.0 Å². The molecule has 1 aromatic carbocycles. The molecular formula is C14H20F2N2O. The summed E-state index contributed by atoms with van der Waals surface area (Å²) in [6, 6.07) is 2.77. The molecule has 1 rings (SSSR count). The second-order valence-corrected chi connectivity index (χ2v) is 4.98. The Labute approximate surface area is 112 Å². The van der Waals surface area contributed by atoms with Gasteiger partial charge < -0.3 is 11.1 Å². The van der Waals surface area contributed by atoms with Crippen molar-refractivity contribution in [1.29, 1.82) is 0 Å². The van der Waals surface area contributed by atoms with Crippen LogP contribution in [-0.2, 0) is 4.79 Å². The highest BCUT2D eigenvalue weighted by Gasteiger charge is 2.30. The molecule has 3 nitrogen and oxygen atoms in total. The Bertz CT molecular complexity index is 459. The van der Waals surface area contributed by atoms with Crippen LogP contribution in [0.25, 0.3) is 0 Å². The highest BCUT2D eigenvalue weighted by molar-refractivity contribution is 5.82. The third kappa shape index (κ3) is 3.50. The number of nitrogens with one attached hydrogen (secondary N) is 1. The Kier molecular flexibility index (Phi) is 5.00. The predicted octanol–water partition coefficient (Wildman–Crippen LogP) is 2.52. The van der Waals surface area contributed by atoms with Crippen molar-refractivity contribution >= 4 is 5.91 Å². The molecule has 0 saturated heterocycles. The number of nitrogens with two attached hydrogens (primary N) is 1. The molecule has 0 aliphatic heterocycles. The van der Waals surface area contributed by atoms with Crippen LogP contribution < -0.4 is 11.1 Å². The lowest BCUT2D eigenvalue weighted by atomic mass is 9.86. The Hall–Kier alpha value is -1.49. The van der Waals surface area contributed by atoms with Crippen LogP contribution in [0.4, 0.5) is 8.78 Å². The fraction of sp³-hybridized carbons (Fsp3) is 0.500. The molecule has 5 heteroatoms. The van der Waals surface area contributed by atoms with Gasteiger partial charge >= 0.3 is 0 Å². The lowest BCUT2D eigenvalue weighted by Crippen LogP contribution is -2.44. The van der Waals surface area contributed by atoms with Crippen molar-refractivity contribution in [3.05, 3.63) is 35.4 Å². The van der Waals surface area contributed by atoms with E-state index < -0.39 is 23.1 Å². The average Bonchev–Trinajstić information content (AvgIpc) is 2.37. The van der Waals surface area contributed by atoms with E-state index in [9.17, 15) is 13.6 Å². The van der Waals surface area contributed by atoms with E-state index in [1.54, 1.807) is 13.8 Å². The normalized spacial score (nSPS) is 15.7. The van der Waals surface area contributed by atoms with Crippen molar-refractivity contribution in [3.63, 3.8) is 0 Å². The summed E-state index contributed by atoms with van der Waals surface area (Å²) < 4.78 is 26.4. The molecule has 2 atom stereocenters. The lowest BCUT2D eigenvalue weighted by molar-refractivity contribution is -0.130. The Morgan fingerprint density at radius 2 is 2.11 bits per heavy atom. The molecule has 3 N–H and O–H groups in total. The highest BCUT2D eigenvalue weighted by Crippen LogP contribution is 2.23. The monoisotopic (exact) mass is 270 g/mol. The second-order valence-electron chi connectivity index (χ2n) is 4.98. The van der Waals surface area contributed by atoms with Crippen LogP contribution in [0, 0.1) is 17.0 Å². The molecule has 0 aliphatic rings. The molecule has 1 amide bonds. The van der Waals surface area contributed by atoms with Gasteiger partial charge in [-0.3, -0.25) is 4.79 Å². The van der Waals surface area contributed by atoms with Crippen LogP contribution in [0.3, 0.4) is 0 Å². The standard InChI is InChI=1S/C14H20F2N2O/c1-4-14(3,8-17)13(19)18-9(2)11-6-5-10(15)7-12(11)16/h5-7,9H,4,8,17H2,1-3H3,(H,18,19). The number of rotatable bonds is 5. The minimum atomic E-state index is -0.676. The van der Waals surface area contributed by atoms with Gasteiger partial charge in [-0.15, -0.1) is 0 Å².